The lowest BCUT2D eigenvalue weighted by Crippen LogP contribution is -2.27. The van der Waals surface area contributed by atoms with E-state index >= 15 is 0 Å². The van der Waals surface area contributed by atoms with Crippen molar-refractivity contribution >= 4 is 37.5 Å². The van der Waals surface area contributed by atoms with Crippen LogP contribution in [0, 0.1) is 27.4 Å². The molecule has 0 aliphatic rings. The molecule has 5 nitrogen and oxygen atoms in total. The van der Waals surface area contributed by atoms with Gasteiger partial charge in [0.05, 0.1) is 19.9 Å². The average Bonchev–Trinajstić information content (AvgIpc) is 2.30. The van der Waals surface area contributed by atoms with Gasteiger partial charge < -0.3 is 4.74 Å². The molecule has 0 saturated carbocycles. The average molecular weight is 418 g/mol. The van der Waals surface area contributed by atoms with E-state index in [1.807, 2.05) is 0 Å². The lowest BCUT2D eigenvalue weighted by atomic mass is 10.2. The van der Waals surface area contributed by atoms with Crippen LogP contribution >= 0.6 is 31.9 Å². The fourth-order valence-corrected chi connectivity index (χ4v) is 2.55. The quantitative estimate of drug-likeness (QED) is 0.543. The highest BCUT2D eigenvalue weighted by Gasteiger charge is 2.40. The summed E-state index contributed by atoms with van der Waals surface area (Å²) in [5, 5.41) is 19.0. The van der Waals surface area contributed by atoms with Crippen molar-refractivity contribution in [3.8, 4) is 11.8 Å². The van der Waals surface area contributed by atoms with Crippen molar-refractivity contribution in [2.24, 2.45) is 5.92 Å². The van der Waals surface area contributed by atoms with Gasteiger partial charge in [0, 0.05) is 12.1 Å². The van der Waals surface area contributed by atoms with Crippen LogP contribution in [0.25, 0.3) is 0 Å². The van der Waals surface area contributed by atoms with E-state index in [2.05, 4.69) is 31.9 Å². The minimum absolute atomic E-state index is 0.0416. The second-order valence-corrected chi connectivity index (χ2v) is 5.24. The Labute approximate surface area is 127 Å². The summed E-state index contributed by atoms with van der Waals surface area (Å²) in [4.78, 5) is 9.93. The fourth-order valence-electron chi connectivity index (χ4n) is 1.16. The lowest BCUT2D eigenvalue weighted by molar-refractivity contribution is -0.385. The summed E-state index contributed by atoms with van der Waals surface area (Å²) >= 11 is 5.93. The first kappa shape index (κ1) is 16.7. The van der Waals surface area contributed by atoms with E-state index in [1.54, 1.807) is 0 Å². The molecule has 1 atom stereocenters. The van der Waals surface area contributed by atoms with Crippen LogP contribution in [0.2, 0.25) is 0 Å². The van der Waals surface area contributed by atoms with E-state index in [1.165, 1.54) is 0 Å². The molecule has 0 aromatic heterocycles. The molecule has 0 bridgehead atoms. The number of nitrogens with zero attached hydrogens (tertiary/aromatic N) is 2. The van der Waals surface area contributed by atoms with E-state index < -0.39 is 23.6 Å². The third-order valence-electron chi connectivity index (χ3n) is 2.14. The second-order valence-electron chi connectivity index (χ2n) is 3.53. The zero-order valence-electron chi connectivity index (χ0n) is 9.45. The van der Waals surface area contributed by atoms with Gasteiger partial charge in [-0.2, -0.15) is 18.4 Å². The topological polar surface area (TPSA) is 76.2 Å². The van der Waals surface area contributed by atoms with Gasteiger partial charge in [-0.3, -0.25) is 10.1 Å². The molecular weight excluding hydrogens is 413 g/mol. The molecule has 0 saturated heterocycles. The number of benzene rings is 1. The highest BCUT2D eigenvalue weighted by atomic mass is 79.9. The maximum absolute atomic E-state index is 12.4. The summed E-state index contributed by atoms with van der Waals surface area (Å²) in [5.74, 6) is -2.32. The monoisotopic (exact) mass is 416 g/mol. The first-order valence-electron chi connectivity index (χ1n) is 4.89. The maximum Gasteiger partial charge on any atom is 0.407 e. The van der Waals surface area contributed by atoms with Gasteiger partial charge in [0.15, 0.2) is 5.92 Å². The van der Waals surface area contributed by atoms with Crippen molar-refractivity contribution < 1.29 is 22.8 Å². The SMILES string of the molecule is N#CC(COc1c(Br)cc([N+](=O)[O-])cc1Br)C(F)(F)F. The Kier molecular flexibility index (Phi) is 5.35. The number of hydrogen-bond donors (Lipinski definition) is 0. The predicted octanol–water partition coefficient (Wildman–Crippen LogP) is 4.20. The number of nitro groups is 1. The number of non-ortho nitro benzene ring substituents is 1. The van der Waals surface area contributed by atoms with Gasteiger partial charge in [0.25, 0.3) is 5.69 Å². The molecule has 10 heteroatoms. The van der Waals surface area contributed by atoms with Crippen LogP contribution in [0.1, 0.15) is 0 Å². The van der Waals surface area contributed by atoms with Crippen molar-refractivity contribution in [3.63, 3.8) is 0 Å². The standard InChI is InChI=1S/C10H5Br2F3N2O3/c11-7-1-6(17(18)19)2-8(12)9(7)20-4-5(3-16)10(13,14)15/h1-2,5H,4H2. The first-order valence-corrected chi connectivity index (χ1v) is 6.48. The summed E-state index contributed by atoms with van der Waals surface area (Å²) < 4.78 is 42.3. The molecule has 0 radical (unpaired) electrons. The Morgan fingerprint density at radius 3 is 2.25 bits per heavy atom. The lowest BCUT2D eigenvalue weighted by Gasteiger charge is -2.15. The summed E-state index contributed by atoms with van der Waals surface area (Å²) in [6.45, 7) is -0.908. The van der Waals surface area contributed by atoms with Crippen LogP contribution in [-0.4, -0.2) is 17.7 Å². The molecule has 20 heavy (non-hydrogen) atoms. The summed E-state index contributed by atoms with van der Waals surface area (Å²) in [6, 6.07) is 3.28. The molecule has 108 valence electrons. The van der Waals surface area contributed by atoms with Crippen LogP contribution in [0.15, 0.2) is 21.1 Å². The summed E-state index contributed by atoms with van der Waals surface area (Å²) in [6.07, 6.45) is -4.70. The molecule has 0 amide bonds. The fraction of sp³-hybridized carbons (Fsp3) is 0.300. The van der Waals surface area contributed by atoms with Crippen LogP contribution in [-0.2, 0) is 0 Å². The van der Waals surface area contributed by atoms with Crippen molar-refractivity contribution in [2.45, 2.75) is 6.18 Å². The van der Waals surface area contributed by atoms with Gasteiger partial charge in [-0.1, -0.05) is 0 Å². The number of alkyl halides is 3. The second kappa shape index (κ2) is 6.41. The molecule has 1 unspecified atom stereocenters. The molecule has 0 heterocycles. The van der Waals surface area contributed by atoms with Crippen molar-refractivity contribution in [2.75, 3.05) is 6.61 Å². The van der Waals surface area contributed by atoms with Gasteiger partial charge in [-0.05, 0) is 31.9 Å². The maximum atomic E-state index is 12.4. The Hall–Kier alpha value is -1.34. The van der Waals surface area contributed by atoms with Crippen molar-refractivity contribution in [1.29, 1.82) is 5.26 Å². The molecule has 0 fully saturated rings. The normalized spacial score (nSPS) is 12.6. The smallest absolute Gasteiger partial charge is 0.407 e. The highest BCUT2D eigenvalue weighted by molar-refractivity contribution is 9.11. The number of halogens is 5. The van der Waals surface area contributed by atoms with Crippen molar-refractivity contribution in [3.05, 3.63) is 31.2 Å². The Morgan fingerprint density at radius 1 is 1.40 bits per heavy atom. The van der Waals surface area contributed by atoms with Gasteiger partial charge in [-0.25, -0.2) is 0 Å². The summed E-state index contributed by atoms with van der Waals surface area (Å²) in [5.41, 5.74) is -0.260. The van der Waals surface area contributed by atoms with Gasteiger partial charge >= 0.3 is 6.18 Å². The van der Waals surface area contributed by atoms with Crippen LogP contribution in [0.5, 0.6) is 5.75 Å². The van der Waals surface area contributed by atoms with E-state index in [0.717, 1.165) is 18.2 Å². The minimum Gasteiger partial charge on any atom is -0.489 e. The third-order valence-corrected chi connectivity index (χ3v) is 3.32. The third kappa shape index (κ3) is 4.08. The van der Waals surface area contributed by atoms with E-state index in [-0.39, 0.29) is 20.4 Å². The van der Waals surface area contributed by atoms with Crippen LogP contribution in [0.4, 0.5) is 18.9 Å². The highest BCUT2D eigenvalue weighted by Crippen LogP contribution is 2.38. The minimum atomic E-state index is -4.70. The van der Waals surface area contributed by atoms with Crippen molar-refractivity contribution in [1.82, 2.24) is 0 Å². The van der Waals surface area contributed by atoms with Gasteiger partial charge in [-0.15, -0.1) is 0 Å². The number of nitriles is 1. The number of ether oxygens (including phenoxy) is 1. The Balaban J connectivity index is 2.95. The number of nitro benzene ring substituents is 1. The van der Waals surface area contributed by atoms with E-state index in [4.69, 9.17) is 10.00 Å². The first-order chi connectivity index (χ1) is 9.16. The molecular formula is C10H5Br2F3N2O3. The zero-order chi connectivity index (χ0) is 15.5. The Bertz CT molecular complexity index is 549. The summed E-state index contributed by atoms with van der Waals surface area (Å²) in [7, 11) is 0. The van der Waals surface area contributed by atoms with Gasteiger partial charge in [0.2, 0.25) is 0 Å². The number of hydrogen-bond acceptors (Lipinski definition) is 4. The van der Waals surface area contributed by atoms with Crippen LogP contribution < -0.4 is 4.74 Å². The predicted molar refractivity (Wildman–Crippen MR) is 69.1 cm³/mol. The molecule has 0 aliphatic heterocycles. The van der Waals surface area contributed by atoms with Crippen LogP contribution in [0.3, 0.4) is 0 Å². The molecule has 1 aromatic rings. The molecule has 1 aromatic carbocycles. The molecule has 1 rings (SSSR count). The molecule has 0 spiro atoms. The molecule has 0 aliphatic carbocycles. The van der Waals surface area contributed by atoms with E-state index in [9.17, 15) is 23.3 Å². The zero-order valence-corrected chi connectivity index (χ0v) is 12.6. The van der Waals surface area contributed by atoms with E-state index in [0.29, 0.717) is 0 Å². The molecule has 0 N–H and O–H groups in total. The Morgan fingerprint density at radius 2 is 1.90 bits per heavy atom. The van der Waals surface area contributed by atoms with Gasteiger partial charge in [0.1, 0.15) is 12.4 Å². The largest absolute Gasteiger partial charge is 0.489 e. The number of rotatable bonds is 4.